The van der Waals surface area contributed by atoms with E-state index in [1.54, 1.807) is 0 Å². The third-order valence-electron chi connectivity index (χ3n) is 5.53. The van der Waals surface area contributed by atoms with Gasteiger partial charge in [0.15, 0.2) is 5.96 Å². The number of hydrogen-bond acceptors (Lipinski definition) is 8. The van der Waals surface area contributed by atoms with Gasteiger partial charge in [0.1, 0.15) is 11.8 Å². The lowest BCUT2D eigenvalue weighted by Crippen LogP contribution is -2.51. The average molecular weight is 594 g/mol. The molecule has 0 spiro atoms. The van der Waals surface area contributed by atoms with Crippen molar-refractivity contribution in [2.75, 3.05) is 6.54 Å². The third kappa shape index (κ3) is 11.2. The zero-order chi connectivity index (χ0) is 30.6. The molecule has 0 saturated carbocycles. The molecule has 15 nitrogen and oxygen atoms in total. The minimum Gasteiger partial charge on any atom is -0.481 e. The maximum Gasteiger partial charge on any atom is 0.343 e. The number of nitrogens with zero attached hydrogens (tertiary/aromatic N) is 2. The van der Waals surface area contributed by atoms with Gasteiger partial charge in [0.2, 0.25) is 0 Å². The number of nitrogens with two attached hydrogens (primary N) is 2. The fourth-order valence-corrected chi connectivity index (χ4v) is 4.95. The smallest absolute Gasteiger partial charge is 0.343 e. The lowest BCUT2D eigenvalue weighted by atomic mass is 10.1. The lowest BCUT2D eigenvalue weighted by molar-refractivity contribution is -0.148. The number of rotatable bonds is 17. The van der Waals surface area contributed by atoms with E-state index in [1.807, 2.05) is 0 Å². The van der Waals surface area contributed by atoms with Crippen LogP contribution in [0.15, 0.2) is 53.5 Å². The molecule has 0 unspecified atom stereocenters. The molecule has 0 heterocycles. The Morgan fingerprint density at radius 2 is 1.54 bits per heavy atom. The van der Waals surface area contributed by atoms with Crippen molar-refractivity contribution in [3.05, 3.63) is 59.7 Å². The molecule has 0 amide bonds. The van der Waals surface area contributed by atoms with E-state index in [-0.39, 0.29) is 49.6 Å². The average Bonchev–Trinajstić information content (AvgIpc) is 2.89. The molecule has 2 aromatic carbocycles. The first kappa shape index (κ1) is 32.7. The molecule has 0 aromatic heterocycles. The van der Waals surface area contributed by atoms with Gasteiger partial charge in [-0.25, -0.2) is 9.79 Å². The van der Waals surface area contributed by atoms with Crippen LogP contribution in [0.5, 0.6) is 5.75 Å². The number of nitrogens with one attached hydrogen (secondary N) is 1. The number of aliphatic imine (C=N–C) groups is 1. The van der Waals surface area contributed by atoms with Crippen molar-refractivity contribution < 1.29 is 47.7 Å². The summed E-state index contributed by atoms with van der Waals surface area (Å²) < 4.78 is 34.2. The van der Waals surface area contributed by atoms with E-state index in [0.29, 0.717) is 22.0 Å². The summed E-state index contributed by atoms with van der Waals surface area (Å²) in [5, 5.41) is 27.4. The van der Waals surface area contributed by atoms with Crippen molar-refractivity contribution in [1.82, 2.24) is 9.03 Å². The Balaban J connectivity index is 2.06. The molecule has 0 aliphatic carbocycles. The zero-order valence-corrected chi connectivity index (χ0v) is 22.6. The number of aliphatic carboxylic acids is 3. The molecule has 2 aromatic rings. The molecule has 8 N–H and O–H groups in total. The molecule has 222 valence electrons. The van der Waals surface area contributed by atoms with E-state index in [4.69, 9.17) is 26.4 Å². The number of esters is 1. The Hall–Kier alpha value is -4.54. The first-order chi connectivity index (χ1) is 19.3. The van der Waals surface area contributed by atoms with Crippen LogP contribution in [0, 0.1) is 0 Å². The highest BCUT2D eigenvalue weighted by atomic mass is 32.2. The van der Waals surface area contributed by atoms with Gasteiger partial charge in [-0.05, 0) is 54.8 Å². The van der Waals surface area contributed by atoms with Crippen LogP contribution in [0.25, 0.3) is 0 Å². The van der Waals surface area contributed by atoms with Gasteiger partial charge in [0.25, 0.3) is 10.2 Å². The van der Waals surface area contributed by atoms with E-state index in [2.05, 4.69) is 9.71 Å². The number of carbonyl (C=O) groups is 4. The van der Waals surface area contributed by atoms with Crippen LogP contribution in [-0.4, -0.2) is 70.5 Å². The largest absolute Gasteiger partial charge is 0.481 e. The summed E-state index contributed by atoms with van der Waals surface area (Å²) in [5.74, 6) is -4.79. The topological polar surface area (TPSA) is 252 Å². The van der Waals surface area contributed by atoms with Crippen molar-refractivity contribution >= 4 is 45.7 Å². The summed E-state index contributed by atoms with van der Waals surface area (Å²) in [6, 6.07) is 9.94. The van der Waals surface area contributed by atoms with E-state index in [1.165, 1.54) is 48.5 Å². The Morgan fingerprint density at radius 1 is 0.902 bits per heavy atom. The van der Waals surface area contributed by atoms with Crippen molar-refractivity contribution in [2.45, 2.75) is 44.7 Å². The predicted octanol–water partition coefficient (Wildman–Crippen LogP) is 1.02. The van der Waals surface area contributed by atoms with Crippen LogP contribution in [0.1, 0.15) is 48.0 Å². The number of carbonyl (C=O) groups excluding carboxylic acids is 1. The molecule has 41 heavy (non-hydrogen) atoms. The minimum atomic E-state index is -4.48. The summed E-state index contributed by atoms with van der Waals surface area (Å²) in [6.07, 6.45) is -0.456. The molecule has 0 bridgehead atoms. The highest BCUT2D eigenvalue weighted by molar-refractivity contribution is 7.87. The quantitative estimate of drug-likeness (QED) is 0.0494. The number of guanidine groups is 1. The molecular formula is C25H31N5O10S. The highest BCUT2D eigenvalue weighted by Crippen LogP contribution is 2.18. The zero-order valence-electron chi connectivity index (χ0n) is 21.8. The molecule has 0 saturated heterocycles. The Kier molecular flexibility index (Phi) is 12.2. The van der Waals surface area contributed by atoms with Gasteiger partial charge >= 0.3 is 23.9 Å². The standard InChI is InChI=1S/C25H31N5O10S/c26-25(27)29-18-9-7-17(8-10-18)24(37)40-19-11-5-16(6-12-19)15-28-41(38,39)30(13-3-1-2-4-21(31)32)20(23(35)36)14-22(33)34/h5-12,20,28H,1-4,13-15H2,(H,31,32)(H,33,34)(H,35,36)(H4,26,27,29)/t20-/m0/s1. The molecule has 2 rings (SSSR count). The van der Waals surface area contributed by atoms with Gasteiger partial charge in [-0.2, -0.15) is 17.4 Å². The molecule has 0 fully saturated rings. The van der Waals surface area contributed by atoms with Crippen LogP contribution in [-0.2, 0) is 31.1 Å². The van der Waals surface area contributed by atoms with E-state index in [0.717, 1.165) is 0 Å². The van der Waals surface area contributed by atoms with Crippen molar-refractivity contribution in [3.63, 3.8) is 0 Å². The fourth-order valence-electron chi connectivity index (χ4n) is 3.56. The molecule has 1 atom stereocenters. The highest BCUT2D eigenvalue weighted by Gasteiger charge is 2.36. The number of carboxylic acid groups (broad SMARTS) is 3. The van der Waals surface area contributed by atoms with Crippen molar-refractivity contribution in [1.29, 1.82) is 0 Å². The van der Waals surface area contributed by atoms with Gasteiger partial charge in [-0.1, -0.05) is 18.6 Å². The molecule has 0 aliphatic heterocycles. The number of unbranched alkanes of at least 4 members (excludes halogenated alkanes) is 2. The normalized spacial score (nSPS) is 11.9. The fraction of sp³-hybridized carbons (Fsp3) is 0.320. The second-order valence-corrected chi connectivity index (χ2v) is 10.4. The summed E-state index contributed by atoms with van der Waals surface area (Å²) in [6.45, 7) is -0.612. The summed E-state index contributed by atoms with van der Waals surface area (Å²) in [5.41, 5.74) is 11.7. The van der Waals surface area contributed by atoms with Gasteiger partial charge in [0.05, 0.1) is 17.7 Å². The first-order valence-corrected chi connectivity index (χ1v) is 13.7. The van der Waals surface area contributed by atoms with Gasteiger partial charge in [0, 0.05) is 19.5 Å². The maximum atomic E-state index is 13.0. The molecule has 16 heteroatoms. The molecular weight excluding hydrogens is 562 g/mol. The Bertz CT molecular complexity index is 1360. The van der Waals surface area contributed by atoms with E-state index in [9.17, 15) is 32.7 Å². The second kappa shape index (κ2) is 15.3. The van der Waals surface area contributed by atoms with Crippen LogP contribution in [0.2, 0.25) is 0 Å². The molecule has 0 aliphatic rings. The summed E-state index contributed by atoms with van der Waals surface area (Å²) in [4.78, 5) is 49.9. The Labute approximate surface area is 235 Å². The van der Waals surface area contributed by atoms with Gasteiger partial charge in [-0.15, -0.1) is 0 Å². The van der Waals surface area contributed by atoms with E-state index >= 15 is 0 Å². The van der Waals surface area contributed by atoms with Crippen molar-refractivity contribution in [2.24, 2.45) is 16.5 Å². The van der Waals surface area contributed by atoms with Crippen LogP contribution in [0.3, 0.4) is 0 Å². The Morgan fingerprint density at radius 3 is 2.07 bits per heavy atom. The van der Waals surface area contributed by atoms with Crippen LogP contribution in [0.4, 0.5) is 5.69 Å². The maximum absolute atomic E-state index is 13.0. The van der Waals surface area contributed by atoms with E-state index < -0.39 is 46.5 Å². The predicted molar refractivity (Wildman–Crippen MR) is 146 cm³/mol. The first-order valence-electron chi connectivity index (χ1n) is 12.2. The number of ether oxygens (including phenoxy) is 1. The lowest BCUT2D eigenvalue weighted by Gasteiger charge is -2.27. The third-order valence-corrected chi connectivity index (χ3v) is 7.10. The number of hydrogen-bond donors (Lipinski definition) is 6. The number of benzene rings is 2. The SMILES string of the molecule is NC(N)=Nc1ccc(C(=O)Oc2ccc(CNS(=O)(=O)N(CCCCCC(=O)O)[C@@H](CC(=O)O)C(=O)O)cc2)cc1. The monoisotopic (exact) mass is 593 g/mol. The second-order valence-electron chi connectivity index (χ2n) is 8.71. The summed E-state index contributed by atoms with van der Waals surface area (Å²) in [7, 11) is -4.48. The minimum absolute atomic E-state index is 0.120. The summed E-state index contributed by atoms with van der Waals surface area (Å²) >= 11 is 0. The van der Waals surface area contributed by atoms with Crippen molar-refractivity contribution in [3.8, 4) is 5.75 Å². The number of carboxylic acids is 3. The van der Waals surface area contributed by atoms with Gasteiger partial charge in [-0.3, -0.25) is 14.4 Å². The van der Waals surface area contributed by atoms with Gasteiger partial charge < -0.3 is 31.5 Å². The molecule has 0 radical (unpaired) electrons. The van der Waals surface area contributed by atoms with Crippen LogP contribution < -0.4 is 20.9 Å². The van der Waals surface area contributed by atoms with Crippen LogP contribution >= 0.6 is 0 Å².